The first-order valence-corrected chi connectivity index (χ1v) is 14.2. The number of fused-ring (bicyclic) bond motifs is 1. The number of ether oxygens (including phenoxy) is 1. The molecule has 5 rings (SSSR count). The van der Waals surface area contributed by atoms with Crippen LogP contribution < -0.4 is 10.6 Å². The van der Waals surface area contributed by atoms with Gasteiger partial charge in [0.15, 0.2) is 0 Å². The van der Waals surface area contributed by atoms with Crippen molar-refractivity contribution in [2.75, 3.05) is 11.9 Å². The molecule has 0 unspecified atom stereocenters. The van der Waals surface area contributed by atoms with E-state index in [0.717, 1.165) is 32.1 Å². The third-order valence-corrected chi connectivity index (χ3v) is 8.96. The fraction of sp³-hybridized carbons (Fsp3) is 0.633. The van der Waals surface area contributed by atoms with E-state index >= 15 is 0 Å². The number of hydrogen-bond acceptors (Lipinski definition) is 4. The second-order valence-electron chi connectivity index (χ2n) is 11.7. The van der Waals surface area contributed by atoms with Gasteiger partial charge in [-0.2, -0.15) is 0 Å². The van der Waals surface area contributed by atoms with Gasteiger partial charge in [-0.3, -0.25) is 14.4 Å². The summed E-state index contributed by atoms with van der Waals surface area (Å²) in [5, 5.41) is 6.29. The van der Waals surface area contributed by atoms with Crippen LogP contribution >= 0.6 is 0 Å². The molecule has 0 aromatic heterocycles. The smallest absolute Gasteiger partial charge is 0.246 e. The largest absolute Gasteiger partial charge is 0.359 e. The minimum Gasteiger partial charge on any atom is -0.359 e. The van der Waals surface area contributed by atoms with E-state index in [9.17, 15) is 14.4 Å². The van der Waals surface area contributed by atoms with Gasteiger partial charge in [0.05, 0.1) is 17.9 Å². The van der Waals surface area contributed by atoms with Crippen molar-refractivity contribution in [2.45, 2.75) is 95.9 Å². The van der Waals surface area contributed by atoms with E-state index in [1.165, 1.54) is 12.0 Å². The molecule has 1 spiro atoms. The number of likely N-dealkylation sites (tertiary alicyclic amines) is 1. The van der Waals surface area contributed by atoms with Gasteiger partial charge in [0.2, 0.25) is 17.7 Å². The van der Waals surface area contributed by atoms with E-state index in [4.69, 9.17) is 4.74 Å². The van der Waals surface area contributed by atoms with Crippen molar-refractivity contribution in [1.82, 2.24) is 10.2 Å². The molecular formula is C30H41N3O4. The third kappa shape index (κ3) is 4.49. The van der Waals surface area contributed by atoms with Crippen LogP contribution in [-0.4, -0.2) is 53.0 Å². The van der Waals surface area contributed by atoms with Crippen molar-refractivity contribution in [3.63, 3.8) is 0 Å². The number of anilines is 1. The summed E-state index contributed by atoms with van der Waals surface area (Å²) in [6.07, 6.45) is 9.31. The number of unbranched alkanes of at least 4 members (excludes halogenated alkanes) is 1. The zero-order valence-electron chi connectivity index (χ0n) is 22.5. The molecule has 2 bridgehead atoms. The second kappa shape index (κ2) is 10.2. The Morgan fingerprint density at radius 2 is 1.86 bits per heavy atom. The lowest BCUT2D eigenvalue weighted by atomic mass is 9.74. The fourth-order valence-corrected chi connectivity index (χ4v) is 6.81. The summed E-state index contributed by atoms with van der Waals surface area (Å²) >= 11 is 0. The first-order chi connectivity index (χ1) is 17.8. The van der Waals surface area contributed by atoms with E-state index in [2.05, 4.69) is 38.3 Å². The number of amides is 3. The Bertz CT molecular complexity index is 1070. The van der Waals surface area contributed by atoms with E-state index < -0.39 is 29.6 Å². The first kappa shape index (κ1) is 26.0. The zero-order valence-corrected chi connectivity index (χ0v) is 22.5. The number of nitrogens with zero attached hydrogens (tertiary/aromatic N) is 1. The highest BCUT2D eigenvalue weighted by atomic mass is 16.5. The lowest BCUT2D eigenvalue weighted by Gasteiger charge is -2.36. The lowest BCUT2D eigenvalue weighted by Crippen LogP contribution is -2.57. The summed E-state index contributed by atoms with van der Waals surface area (Å²) in [6, 6.07) is 7.18. The number of hydrogen-bond donors (Lipinski definition) is 2. The van der Waals surface area contributed by atoms with Gasteiger partial charge in [-0.1, -0.05) is 71.2 Å². The molecule has 7 nitrogen and oxygen atoms in total. The average molecular weight is 508 g/mol. The Morgan fingerprint density at radius 3 is 2.54 bits per heavy atom. The predicted molar refractivity (Wildman–Crippen MR) is 143 cm³/mol. The summed E-state index contributed by atoms with van der Waals surface area (Å²) in [4.78, 5) is 43.0. The normalized spacial score (nSPS) is 34.2. The Hall–Kier alpha value is -2.67. The van der Waals surface area contributed by atoms with Crippen molar-refractivity contribution in [3.05, 3.63) is 42.0 Å². The molecular weight excluding hydrogens is 466 g/mol. The van der Waals surface area contributed by atoms with Crippen LogP contribution in [0.1, 0.15) is 77.7 Å². The highest BCUT2D eigenvalue weighted by Crippen LogP contribution is 2.55. The molecule has 1 aromatic carbocycles. The van der Waals surface area contributed by atoms with Gasteiger partial charge < -0.3 is 20.3 Å². The van der Waals surface area contributed by atoms with E-state index in [1.807, 2.05) is 36.4 Å². The van der Waals surface area contributed by atoms with Crippen molar-refractivity contribution < 1.29 is 19.1 Å². The number of carbonyl (C=O) groups excluding carboxylic acids is 3. The SMILES string of the molecule is CCCCN1C(=O)[C@H]2[C@H](C(=O)Nc3ccc(C(C)C)cc3)[C@H]3C=C[C@@]2(O3)[C@@H]1C(=O)N[C@H]1CCCC[C@@H]1C. The van der Waals surface area contributed by atoms with Crippen LogP contribution in [0.5, 0.6) is 0 Å². The third-order valence-electron chi connectivity index (χ3n) is 8.96. The van der Waals surface area contributed by atoms with Gasteiger partial charge in [0, 0.05) is 18.3 Å². The molecule has 37 heavy (non-hydrogen) atoms. The molecule has 4 aliphatic rings. The standard InChI is InChI=1S/C30H41N3O4/c1-5-6-17-33-26(28(35)32-22-10-8-7-9-19(22)4)30-16-15-23(37-30)24(25(30)29(33)36)27(34)31-21-13-11-20(12-14-21)18(2)3/h11-16,18-19,22-26H,5-10,17H2,1-4H3,(H,31,34)(H,32,35)/t19-,22-,23+,24+,25+,26-,30-/m0/s1. The van der Waals surface area contributed by atoms with Gasteiger partial charge in [-0.05, 0) is 48.8 Å². The second-order valence-corrected chi connectivity index (χ2v) is 11.7. The van der Waals surface area contributed by atoms with Gasteiger partial charge >= 0.3 is 0 Å². The van der Waals surface area contributed by atoms with Crippen LogP contribution in [0.4, 0.5) is 5.69 Å². The van der Waals surface area contributed by atoms with Crippen LogP contribution in [0.15, 0.2) is 36.4 Å². The summed E-state index contributed by atoms with van der Waals surface area (Å²) in [6.45, 7) is 9.00. The number of rotatable bonds is 8. The van der Waals surface area contributed by atoms with Crippen molar-refractivity contribution in [2.24, 2.45) is 17.8 Å². The molecule has 2 N–H and O–H groups in total. The summed E-state index contributed by atoms with van der Waals surface area (Å²) in [5.41, 5.74) is 0.798. The maximum atomic E-state index is 13.9. The Kier molecular flexibility index (Phi) is 7.18. The van der Waals surface area contributed by atoms with Crippen LogP contribution in [-0.2, 0) is 19.1 Å². The van der Waals surface area contributed by atoms with Crippen LogP contribution in [0, 0.1) is 17.8 Å². The van der Waals surface area contributed by atoms with Crippen LogP contribution in [0.2, 0.25) is 0 Å². The Morgan fingerprint density at radius 1 is 1.14 bits per heavy atom. The average Bonchev–Trinajstić information content (AvgIpc) is 3.51. The van der Waals surface area contributed by atoms with E-state index in [1.54, 1.807) is 4.90 Å². The van der Waals surface area contributed by atoms with Crippen molar-refractivity contribution in [3.8, 4) is 0 Å². The molecule has 7 atom stereocenters. The molecule has 3 aliphatic heterocycles. The summed E-state index contributed by atoms with van der Waals surface area (Å²) in [7, 11) is 0. The number of carbonyl (C=O) groups is 3. The topological polar surface area (TPSA) is 87.7 Å². The molecule has 0 radical (unpaired) electrons. The molecule has 1 saturated carbocycles. The number of nitrogens with one attached hydrogen (secondary N) is 2. The van der Waals surface area contributed by atoms with Gasteiger partial charge in [-0.25, -0.2) is 0 Å². The Balaban J connectivity index is 1.40. The molecule has 200 valence electrons. The lowest BCUT2D eigenvalue weighted by molar-refractivity contribution is -0.141. The van der Waals surface area contributed by atoms with E-state index in [0.29, 0.717) is 24.1 Å². The monoisotopic (exact) mass is 507 g/mol. The van der Waals surface area contributed by atoms with Crippen molar-refractivity contribution >= 4 is 23.4 Å². The van der Waals surface area contributed by atoms with Crippen LogP contribution in [0.25, 0.3) is 0 Å². The van der Waals surface area contributed by atoms with Gasteiger partial charge in [0.1, 0.15) is 11.6 Å². The highest BCUT2D eigenvalue weighted by Gasteiger charge is 2.72. The minimum atomic E-state index is -1.10. The summed E-state index contributed by atoms with van der Waals surface area (Å²) < 4.78 is 6.44. The molecule has 1 aliphatic carbocycles. The summed E-state index contributed by atoms with van der Waals surface area (Å²) in [5.74, 6) is -1.09. The molecule has 2 saturated heterocycles. The molecule has 3 fully saturated rings. The van der Waals surface area contributed by atoms with Crippen molar-refractivity contribution in [1.29, 1.82) is 0 Å². The zero-order chi connectivity index (χ0) is 26.3. The quantitative estimate of drug-likeness (QED) is 0.511. The first-order valence-electron chi connectivity index (χ1n) is 14.2. The fourth-order valence-electron chi connectivity index (χ4n) is 6.81. The highest BCUT2D eigenvalue weighted by molar-refractivity contribution is 6.02. The maximum Gasteiger partial charge on any atom is 0.246 e. The minimum absolute atomic E-state index is 0.107. The van der Waals surface area contributed by atoms with Gasteiger partial charge in [-0.15, -0.1) is 0 Å². The van der Waals surface area contributed by atoms with Crippen LogP contribution in [0.3, 0.4) is 0 Å². The number of benzene rings is 1. The predicted octanol–water partition coefficient (Wildman–Crippen LogP) is 4.39. The maximum absolute atomic E-state index is 13.9. The van der Waals surface area contributed by atoms with E-state index in [-0.39, 0.29) is 23.8 Å². The molecule has 3 heterocycles. The Labute approximate surface area is 220 Å². The van der Waals surface area contributed by atoms with Gasteiger partial charge in [0.25, 0.3) is 0 Å². The molecule has 3 amide bonds. The molecule has 1 aromatic rings. The molecule has 7 heteroatoms.